The first-order valence-electron chi connectivity index (χ1n) is 5.76. The summed E-state index contributed by atoms with van der Waals surface area (Å²) in [4.78, 5) is 33.6. The van der Waals surface area contributed by atoms with E-state index in [9.17, 15) is 14.4 Å². The highest BCUT2D eigenvalue weighted by atomic mass is 32.2. The number of ether oxygens (including phenoxy) is 1. The van der Waals surface area contributed by atoms with Crippen LogP contribution in [0.25, 0.3) is 0 Å². The lowest BCUT2D eigenvalue weighted by molar-refractivity contribution is -0.144. The predicted molar refractivity (Wildman–Crippen MR) is 71.8 cm³/mol. The molecule has 19 heavy (non-hydrogen) atoms. The van der Waals surface area contributed by atoms with Crippen LogP contribution >= 0.6 is 11.8 Å². The van der Waals surface area contributed by atoms with E-state index in [0.717, 1.165) is 0 Å². The molecule has 0 radical (unpaired) electrons. The highest BCUT2D eigenvalue weighted by molar-refractivity contribution is 7.98. The van der Waals surface area contributed by atoms with E-state index in [4.69, 9.17) is 10.8 Å². The van der Waals surface area contributed by atoms with Gasteiger partial charge in [-0.05, 0) is 24.9 Å². The quantitative estimate of drug-likeness (QED) is 0.494. The van der Waals surface area contributed by atoms with Gasteiger partial charge in [0.1, 0.15) is 6.04 Å². The van der Waals surface area contributed by atoms with Crippen LogP contribution in [0.2, 0.25) is 0 Å². The Bertz CT molecular complexity index is 324. The van der Waals surface area contributed by atoms with Gasteiger partial charge in [-0.15, -0.1) is 0 Å². The molecule has 2 atom stereocenters. The van der Waals surface area contributed by atoms with Crippen LogP contribution in [-0.4, -0.2) is 54.2 Å². The molecule has 0 spiro atoms. The molecule has 0 heterocycles. The second kappa shape index (κ2) is 9.62. The molecule has 0 aromatic heterocycles. The van der Waals surface area contributed by atoms with Gasteiger partial charge in [0.15, 0.2) is 0 Å². The maximum absolute atomic E-state index is 11.7. The third-order valence-electron chi connectivity index (χ3n) is 2.45. The molecular formula is C11H20N2O5S. The van der Waals surface area contributed by atoms with Crippen LogP contribution in [0.4, 0.5) is 0 Å². The summed E-state index contributed by atoms with van der Waals surface area (Å²) < 4.78 is 4.41. The van der Waals surface area contributed by atoms with Gasteiger partial charge in [0.2, 0.25) is 5.91 Å². The number of methoxy groups -OCH3 is 1. The summed E-state index contributed by atoms with van der Waals surface area (Å²) in [5.41, 5.74) is 5.62. The van der Waals surface area contributed by atoms with Gasteiger partial charge in [0, 0.05) is 6.42 Å². The summed E-state index contributed by atoms with van der Waals surface area (Å²) in [7, 11) is 1.22. The van der Waals surface area contributed by atoms with Gasteiger partial charge in [-0.2, -0.15) is 11.8 Å². The number of nitrogens with one attached hydrogen (secondary N) is 1. The molecule has 0 saturated carbocycles. The van der Waals surface area contributed by atoms with Gasteiger partial charge in [-0.3, -0.25) is 9.59 Å². The second-order valence-electron chi connectivity index (χ2n) is 3.90. The molecule has 0 saturated heterocycles. The Kier molecular flexibility index (Phi) is 8.98. The van der Waals surface area contributed by atoms with Crippen LogP contribution < -0.4 is 11.1 Å². The van der Waals surface area contributed by atoms with Crippen LogP contribution in [-0.2, 0) is 19.1 Å². The smallest absolute Gasteiger partial charge is 0.326 e. The van der Waals surface area contributed by atoms with E-state index in [2.05, 4.69) is 10.1 Å². The third kappa shape index (κ3) is 7.68. The fourth-order valence-corrected chi connectivity index (χ4v) is 1.77. The summed E-state index contributed by atoms with van der Waals surface area (Å²) >= 11 is 1.55. The fourth-order valence-electron chi connectivity index (χ4n) is 1.28. The second-order valence-corrected chi connectivity index (χ2v) is 4.89. The Labute approximate surface area is 116 Å². The molecular weight excluding hydrogens is 272 g/mol. The van der Waals surface area contributed by atoms with Gasteiger partial charge in [-0.1, -0.05) is 0 Å². The zero-order chi connectivity index (χ0) is 14.8. The number of carboxylic acid groups (broad SMARTS) is 1. The number of carbonyl (C=O) groups excluding carboxylic acids is 2. The number of amides is 1. The Balaban J connectivity index is 4.29. The average molecular weight is 292 g/mol. The van der Waals surface area contributed by atoms with E-state index < -0.39 is 29.9 Å². The molecule has 0 aliphatic rings. The standard InChI is InChI=1S/C11H20N2O5S/c1-18-9(14)4-3-8(11(16)17)13-10(15)7(12)5-6-19-2/h7-8H,3-6,12H2,1-2H3,(H,13,15)(H,16,17)/t7-,8-/m0/s1. The minimum Gasteiger partial charge on any atom is -0.480 e. The Hall–Kier alpha value is -1.28. The van der Waals surface area contributed by atoms with E-state index in [-0.39, 0.29) is 12.8 Å². The molecule has 0 aromatic carbocycles. The molecule has 0 fully saturated rings. The minimum absolute atomic E-state index is 0.0248. The lowest BCUT2D eigenvalue weighted by Crippen LogP contribution is -2.48. The number of carboxylic acids is 1. The van der Waals surface area contributed by atoms with Gasteiger partial charge in [0.05, 0.1) is 13.2 Å². The van der Waals surface area contributed by atoms with Crippen molar-refractivity contribution in [2.45, 2.75) is 31.3 Å². The van der Waals surface area contributed by atoms with Crippen molar-refractivity contribution in [3.8, 4) is 0 Å². The Morgan fingerprint density at radius 3 is 2.47 bits per heavy atom. The predicted octanol–water partition coefficient (Wildman–Crippen LogP) is -0.411. The third-order valence-corrected chi connectivity index (χ3v) is 3.09. The monoisotopic (exact) mass is 292 g/mol. The van der Waals surface area contributed by atoms with E-state index >= 15 is 0 Å². The number of aliphatic carboxylic acids is 1. The molecule has 0 aliphatic heterocycles. The largest absolute Gasteiger partial charge is 0.480 e. The zero-order valence-electron chi connectivity index (χ0n) is 11.0. The van der Waals surface area contributed by atoms with Crippen molar-refractivity contribution in [1.82, 2.24) is 5.32 Å². The van der Waals surface area contributed by atoms with Gasteiger partial charge >= 0.3 is 11.9 Å². The molecule has 7 nitrogen and oxygen atoms in total. The number of rotatable bonds is 9. The number of thioether (sulfide) groups is 1. The number of carbonyl (C=O) groups is 3. The first-order chi connectivity index (χ1) is 8.92. The van der Waals surface area contributed by atoms with Crippen LogP contribution in [0.15, 0.2) is 0 Å². The van der Waals surface area contributed by atoms with E-state index in [1.165, 1.54) is 7.11 Å². The molecule has 110 valence electrons. The lowest BCUT2D eigenvalue weighted by atomic mass is 10.1. The van der Waals surface area contributed by atoms with Crippen LogP contribution in [0.1, 0.15) is 19.3 Å². The van der Waals surface area contributed by atoms with Crippen LogP contribution in [0.3, 0.4) is 0 Å². The molecule has 0 unspecified atom stereocenters. The lowest BCUT2D eigenvalue weighted by Gasteiger charge is -2.17. The molecule has 0 rings (SSSR count). The molecule has 0 aromatic rings. The molecule has 4 N–H and O–H groups in total. The first kappa shape index (κ1) is 17.7. The number of nitrogens with two attached hydrogens (primary N) is 1. The molecule has 0 bridgehead atoms. The van der Waals surface area contributed by atoms with E-state index in [0.29, 0.717) is 12.2 Å². The van der Waals surface area contributed by atoms with Gasteiger partial charge < -0.3 is 20.9 Å². The summed E-state index contributed by atoms with van der Waals surface area (Å²) in [6, 6.07) is -1.88. The maximum Gasteiger partial charge on any atom is 0.326 e. The van der Waals surface area contributed by atoms with Gasteiger partial charge in [-0.25, -0.2) is 4.79 Å². The van der Waals surface area contributed by atoms with E-state index in [1.54, 1.807) is 11.8 Å². The van der Waals surface area contributed by atoms with E-state index in [1.807, 2.05) is 6.26 Å². The number of hydrogen-bond acceptors (Lipinski definition) is 6. The van der Waals surface area contributed by atoms with Crippen molar-refractivity contribution < 1.29 is 24.2 Å². The summed E-state index contributed by atoms with van der Waals surface area (Å²) in [6.45, 7) is 0. The number of esters is 1. The first-order valence-corrected chi connectivity index (χ1v) is 7.16. The highest BCUT2D eigenvalue weighted by Crippen LogP contribution is 2.02. The summed E-state index contributed by atoms with van der Waals surface area (Å²) in [5.74, 6) is -1.53. The van der Waals surface area contributed by atoms with Crippen LogP contribution in [0.5, 0.6) is 0 Å². The van der Waals surface area contributed by atoms with Crippen molar-refractivity contribution >= 4 is 29.6 Å². The Morgan fingerprint density at radius 2 is 2.00 bits per heavy atom. The van der Waals surface area contributed by atoms with Crippen LogP contribution in [0, 0.1) is 0 Å². The topological polar surface area (TPSA) is 119 Å². The maximum atomic E-state index is 11.7. The summed E-state index contributed by atoms with van der Waals surface area (Å²) in [6.07, 6.45) is 2.26. The zero-order valence-corrected chi connectivity index (χ0v) is 11.9. The molecule has 8 heteroatoms. The summed E-state index contributed by atoms with van der Waals surface area (Å²) in [5, 5.41) is 11.3. The minimum atomic E-state index is -1.20. The van der Waals surface area contributed by atoms with Crippen molar-refractivity contribution in [2.24, 2.45) is 5.73 Å². The normalized spacial score (nSPS) is 13.4. The molecule has 1 amide bonds. The van der Waals surface area contributed by atoms with Crippen molar-refractivity contribution in [3.63, 3.8) is 0 Å². The Morgan fingerprint density at radius 1 is 1.37 bits per heavy atom. The van der Waals surface area contributed by atoms with Crippen molar-refractivity contribution in [3.05, 3.63) is 0 Å². The highest BCUT2D eigenvalue weighted by Gasteiger charge is 2.23. The molecule has 0 aliphatic carbocycles. The van der Waals surface area contributed by atoms with Crippen molar-refractivity contribution in [1.29, 1.82) is 0 Å². The SMILES string of the molecule is COC(=O)CC[C@H](NC(=O)[C@@H](N)CCSC)C(=O)O. The van der Waals surface area contributed by atoms with Gasteiger partial charge in [0.25, 0.3) is 0 Å². The number of hydrogen-bond donors (Lipinski definition) is 3. The fraction of sp³-hybridized carbons (Fsp3) is 0.727. The van der Waals surface area contributed by atoms with Crippen molar-refractivity contribution in [2.75, 3.05) is 19.1 Å². The average Bonchev–Trinajstić information content (AvgIpc) is 2.39.